The second-order valence-electron chi connectivity index (χ2n) is 4.40. The Bertz CT molecular complexity index is 490. The predicted octanol–water partition coefficient (Wildman–Crippen LogP) is 0.0493. The number of carbonyl (C=O) groups excluding carboxylic acids is 1. The van der Waals surface area contributed by atoms with Crippen LogP contribution in [0, 0.1) is 0 Å². The number of nitrogens with zero attached hydrogens (tertiary/aromatic N) is 4. The molecular formula is C12H20N6O3. The fourth-order valence-electron chi connectivity index (χ4n) is 2.20. The van der Waals surface area contributed by atoms with E-state index in [0.717, 1.165) is 0 Å². The molecule has 0 atom stereocenters. The average molecular weight is 296 g/mol. The Kier molecular flexibility index (Phi) is 4.99. The molecule has 1 aliphatic heterocycles. The summed E-state index contributed by atoms with van der Waals surface area (Å²) >= 11 is 0. The van der Waals surface area contributed by atoms with Crippen LogP contribution in [0.3, 0.4) is 0 Å². The topological polar surface area (TPSA) is 106 Å². The van der Waals surface area contributed by atoms with E-state index in [1.165, 1.54) is 13.4 Å². The molecule has 3 N–H and O–H groups in total. The fraction of sp³-hybridized carbons (Fsp3) is 0.583. The number of hydrogen-bond acceptors (Lipinski definition) is 8. The minimum Gasteiger partial charge on any atom is -0.490 e. The average Bonchev–Trinajstić information content (AvgIpc) is 2.54. The number of rotatable bonds is 4. The molecule has 116 valence electrons. The monoisotopic (exact) mass is 296 g/mol. The summed E-state index contributed by atoms with van der Waals surface area (Å²) in [5.74, 6) is 6.98. The molecule has 9 nitrogen and oxygen atoms in total. The van der Waals surface area contributed by atoms with Crippen LogP contribution in [0.15, 0.2) is 6.33 Å². The molecule has 1 saturated heterocycles. The standard InChI is InChI=1S/C12H20N6O3/c1-3-21-12(19)18-6-4-17(5-7-18)11-9(20-2)10(16-13)14-8-15-11/h8H,3-7,13H2,1-2H3,(H,14,15,16). The number of amides is 1. The largest absolute Gasteiger partial charge is 0.490 e. The third-order valence-electron chi connectivity index (χ3n) is 3.23. The number of methoxy groups -OCH3 is 1. The Morgan fingerprint density at radius 1 is 1.38 bits per heavy atom. The first-order valence-corrected chi connectivity index (χ1v) is 6.73. The van der Waals surface area contributed by atoms with E-state index in [0.29, 0.717) is 50.2 Å². The van der Waals surface area contributed by atoms with Crippen LogP contribution >= 0.6 is 0 Å². The quantitative estimate of drug-likeness (QED) is 0.593. The third kappa shape index (κ3) is 3.24. The number of hydrogen-bond donors (Lipinski definition) is 2. The van der Waals surface area contributed by atoms with Gasteiger partial charge in [0, 0.05) is 26.2 Å². The molecule has 2 rings (SSSR count). The minimum atomic E-state index is -0.281. The van der Waals surface area contributed by atoms with Gasteiger partial charge in [-0.15, -0.1) is 0 Å². The van der Waals surface area contributed by atoms with Crippen LogP contribution in [0.25, 0.3) is 0 Å². The number of piperazine rings is 1. The van der Waals surface area contributed by atoms with Crippen molar-refractivity contribution in [2.24, 2.45) is 5.84 Å². The first kappa shape index (κ1) is 15.1. The minimum absolute atomic E-state index is 0.281. The van der Waals surface area contributed by atoms with Crippen molar-refractivity contribution in [2.75, 3.05) is 50.2 Å². The zero-order chi connectivity index (χ0) is 15.2. The molecule has 0 unspecified atom stereocenters. The van der Waals surface area contributed by atoms with Gasteiger partial charge in [-0.2, -0.15) is 0 Å². The molecule has 1 aromatic heterocycles. The van der Waals surface area contributed by atoms with E-state index in [2.05, 4.69) is 15.4 Å². The maximum Gasteiger partial charge on any atom is 0.409 e. The molecule has 0 aromatic carbocycles. The van der Waals surface area contributed by atoms with Gasteiger partial charge < -0.3 is 24.7 Å². The smallest absolute Gasteiger partial charge is 0.409 e. The lowest BCUT2D eigenvalue weighted by Gasteiger charge is -2.35. The van der Waals surface area contributed by atoms with Crippen LogP contribution in [0.1, 0.15) is 6.92 Å². The third-order valence-corrected chi connectivity index (χ3v) is 3.23. The predicted molar refractivity (Wildman–Crippen MR) is 77.2 cm³/mol. The summed E-state index contributed by atoms with van der Waals surface area (Å²) in [6, 6.07) is 0. The Hall–Kier alpha value is -2.29. The Labute approximate surface area is 123 Å². The summed E-state index contributed by atoms with van der Waals surface area (Å²) in [6.07, 6.45) is 1.14. The number of nitrogens with two attached hydrogens (primary N) is 1. The van der Waals surface area contributed by atoms with Crippen molar-refractivity contribution in [2.45, 2.75) is 6.92 Å². The van der Waals surface area contributed by atoms with Crippen molar-refractivity contribution in [1.82, 2.24) is 14.9 Å². The summed E-state index contributed by atoms with van der Waals surface area (Å²) in [6.45, 7) is 4.58. The molecule has 0 radical (unpaired) electrons. The Balaban J connectivity index is 2.07. The number of aromatic nitrogens is 2. The molecule has 0 bridgehead atoms. The van der Waals surface area contributed by atoms with Crippen molar-refractivity contribution in [3.8, 4) is 5.75 Å². The lowest BCUT2D eigenvalue weighted by atomic mass is 10.3. The molecule has 1 aliphatic rings. The van der Waals surface area contributed by atoms with Gasteiger partial charge >= 0.3 is 6.09 Å². The highest BCUT2D eigenvalue weighted by Gasteiger charge is 2.25. The van der Waals surface area contributed by atoms with E-state index < -0.39 is 0 Å². The molecule has 1 amide bonds. The Morgan fingerprint density at radius 2 is 2.10 bits per heavy atom. The highest BCUT2D eigenvalue weighted by atomic mass is 16.6. The van der Waals surface area contributed by atoms with Crippen LogP contribution in [0.5, 0.6) is 5.75 Å². The van der Waals surface area contributed by atoms with E-state index in [1.807, 2.05) is 4.90 Å². The van der Waals surface area contributed by atoms with Crippen molar-refractivity contribution >= 4 is 17.7 Å². The van der Waals surface area contributed by atoms with Gasteiger partial charge in [-0.05, 0) is 6.92 Å². The second kappa shape index (κ2) is 6.93. The molecule has 0 saturated carbocycles. The lowest BCUT2D eigenvalue weighted by Crippen LogP contribution is -2.49. The first-order chi connectivity index (χ1) is 10.2. The molecule has 2 heterocycles. The van der Waals surface area contributed by atoms with Gasteiger partial charge in [0.05, 0.1) is 13.7 Å². The molecule has 1 fully saturated rings. The van der Waals surface area contributed by atoms with Gasteiger partial charge in [-0.3, -0.25) is 0 Å². The van der Waals surface area contributed by atoms with Crippen LogP contribution in [-0.2, 0) is 4.74 Å². The number of nitrogen functional groups attached to an aromatic ring is 1. The molecule has 9 heteroatoms. The van der Waals surface area contributed by atoms with Crippen LogP contribution in [-0.4, -0.2) is 60.9 Å². The van der Waals surface area contributed by atoms with E-state index in [4.69, 9.17) is 15.3 Å². The maximum absolute atomic E-state index is 11.7. The van der Waals surface area contributed by atoms with Gasteiger partial charge in [0.1, 0.15) is 6.33 Å². The normalized spacial score (nSPS) is 14.8. The number of anilines is 2. The zero-order valence-electron chi connectivity index (χ0n) is 12.2. The zero-order valence-corrected chi connectivity index (χ0v) is 12.2. The van der Waals surface area contributed by atoms with Crippen molar-refractivity contribution in [1.29, 1.82) is 0 Å². The lowest BCUT2D eigenvalue weighted by molar-refractivity contribution is 0.105. The van der Waals surface area contributed by atoms with Gasteiger partial charge in [0.15, 0.2) is 11.6 Å². The summed E-state index contributed by atoms with van der Waals surface area (Å²) < 4.78 is 10.3. The number of ether oxygens (including phenoxy) is 2. The maximum atomic E-state index is 11.7. The van der Waals surface area contributed by atoms with Gasteiger partial charge in [0.25, 0.3) is 0 Å². The molecule has 21 heavy (non-hydrogen) atoms. The van der Waals surface area contributed by atoms with E-state index in [1.54, 1.807) is 11.8 Å². The number of carbonyl (C=O) groups is 1. The van der Waals surface area contributed by atoms with E-state index >= 15 is 0 Å². The molecule has 0 spiro atoms. The van der Waals surface area contributed by atoms with Crippen LogP contribution < -0.4 is 20.9 Å². The van der Waals surface area contributed by atoms with Crippen LogP contribution in [0.4, 0.5) is 16.4 Å². The number of nitrogens with one attached hydrogen (secondary N) is 1. The van der Waals surface area contributed by atoms with Crippen molar-refractivity contribution in [3.05, 3.63) is 6.33 Å². The molecular weight excluding hydrogens is 276 g/mol. The summed E-state index contributed by atoms with van der Waals surface area (Å²) in [5, 5.41) is 0. The highest BCUT2D eigenvalue weighted by molar-refractivity contribution is 5.69. The summed E-state index contributed by atoms with van der Waals surface area (Å²) in [5.41, 5.74) is 2.48. The SMILES string of the molecule is CCOC(=O)N1CCN(c2ncnc(NN)c2OC)CC1. The summed E-state index contributed by atoms with van der Waals surface area (Å²) in [7, 11) is 1.54. The highest BCUT2D eigenvalue weighted by Crippen LogP contribution is 2.31. The van der Waals surface area contributed by atoms with Gasteiger partial charge in [-0.1, -0.05) is 0 Å². The summed E-state index contributed by atoms with van der Waals surface area (Å²) in [4.78, 5) is 23.6. The molecule has 1 aromatic rings. The van der Waals surface area contributed by atoms with Gasteiger partial charge in [0.2, 0.25) is 5.75 Å². The van der Waals surface area contributed by atoms with E-state index in [9.17, 15) is 4.79 Å². The van der Waals surface area contributed by atoms with Crippen molar-refractivity contribution in [3.63, 3.8) is 0 Å². The Morgan fingerprint density at radius 3 is 2.67 bits per heavy atom. The first-order valence-electron chi connectivity index (χ1n) is 6.73. The second-order valence-corrected chi connectivity index (χ2v) is 4.40. The van der Waals surface area contributed by atoms with Gasteiger partial charge in [-0.25, -0.2) is 20.6 Å². The fourth-order valence-corrected chi connectivity index (χ4v) is 2.20. The number of hydrazine groups is 1. The van der Waals surface area contributed by atoms with E-state index in [-0.39, 0.29) is 6.09 Å². The van der Waals surface area contributed by atoms with Crippen LogP contribution in [0.2, 0.25) is 0 Å². The van der Waals surface area contributed by atoms with Crippen molar-refractivity contribution < 1.29 is 14.3 Å². The molecule has 0 aliphatic carbocycles.